The Kier molecular flexibility index (Phi) is 8.70. The predicted octanol–water partition coefficient (Wildman–Crippen LogP) is 3.12. The van der Waals surface area contributed by atoms with Gasteiger partial charge in [0.1, 0.15) is 18.4 Å². The SMILES string of the molecule is CC(C)=CCOc1ccc(C[C@@H](CO)N2C(=O)[C@@H](NC=O)CC23CCC2(CC3)OCCCCO2)cc1. The van der Waals surface area contributed by atoms with Crippen LogP contribution in [0, 0.1) is 0 Å². The van der Waals surface area contributed by atoms with E-state index in [1.807, 2.05) is 49.1 Å². The van der Waals surface area contributed by atoms with Gasteiger partial charge < -0.3 is 29.5 Å². The Labute approximate surface area is 214 Å². The van der Waals surface area contributed by atoms with Crippen LogP contribution in [0.3, 0.4) is 0 Å². The third-order valence-electron chi connectivity index (χ3n) is 7.82. The lowest BCUT2D eigenvalue weighted by Gasteiger charge is -2.49. The maximum atomic E-state index is 13.5. The summed E-state index contributed by atoms with van der Waals surface area (Å²) < 4.78 is 18.0. The minimum absolute atomic E-state index is 0.124. The normalized spacial score (nSPS) is 23.8. The number of nitrogens with one attached hydrogen (secondary N) is 1. The van der Waals surface area contributed by atoms with Gasteiger partial charge in [-0.15, -0.1) is 0 Å². The molecule has 1 aromatic carbocycles. The van der Waals surface area contributed by atoms with Crippen molar-refractivity contribution in [2.75, 3.05) is 26.4 Å². The molecule has 2 aliphatic heterocycles. The van der Waals surface area contributed by atoms with Crippen molar-refractivity contribution < 1.29 is 28.9 Å². The molecular weight excluding hydrogens is 460 g/mol. The zero-order valence-corrected chi connectivity index (χ0v) is 21.5. The molecule has 0 unspecified atom stereocenters. The van der Waals surface area contributed by atoms with Gasteiger partial charge in [0.2, 0.25) is 12.3 Å². The van der Waals surface area contributed by atoms with Crippen LogP contribution in [0.2, 0.25) is 0 Å². The van der Waals surface area contributed by atoms with Crippen LogP contribution in [0.25, 0.3) is 0 Å². The number of carbonyl (C=O) groups is 2. The third-order valence-corrected chi connectivity index (χ3v) is 7.82. The van der Waals surface area contributed by atoms with Crippen LogP contribution in [0.5, 0.6) is 5.75 Å². The summed E-state index contributed by atoms with van der Waals surface area (Å²) >= 11 is 0. The van der Waals surface area contributed by atoms with E-state index in [0.29, 0.717) is 64.8 Å². The molecule has 8 heteroatoms. The number of amides is 2. The van der Waals surface area contributed by atoms with Crippen LogP contribution in [0.4, 0.5) is 0 Å². The molecule has 0 aromatic heterocycles. The Morgan fingerprint density at radius 3 is 2.42 bits per heavy atom. The van der Waals surface area contributed by atoms with Gasteiger partial charge in [-0.1, -0.05) is 17.7 Å². The molecule has 4 rings (SSSR count). The number of aliphatic hydroxyl groups is 1. The number of hydrogen-bond acceptors (Lipinski definition) is 6. The van der Waals surface area contributed by atoms with E-state index >= 15 is 0 Å². The van der Waals surface area contributed by atoms with Gasteiger partial charge in [0, 0.05) is 18.4 Å². The van der Waals surface area contributed by atoms with E-state index in [2.05, 4.69) is 5.32 Å². The van der Waals surface area contributed by atoms with Crippen LogP contribution in [0.15, 0.2) is 35.9 Å². The van der Waals surface area contributed by atoms with E-state index in [4.69, 9.17) is 14.2 Å². The number of carbonyl (C=O) groups excluding carboxylic acids is 2. The minimum atomic E-state index is -0.581. The van der Waals surface area contributed by atoms with Crippen LogP contribution in [0.1, 0.15) is 64.4 Å². The van der Waals surface area contributed by atoms with Crippen molar-refractivity contribution in [1.29, 1.82) is 0 Å². The van der Waals surface area contributed by atoms with E-state index in [0.717, 1.165) is 24.2 Å². The van der Waals surface area contributed by atoms with Crippen molar-refractivity contribution in [2.45, 2.75) is 88.6 Å². The first-order chi connectivity index (χ1) is 17.4. The molecule has 2 amide bonds. The van der Waals surface area contributed by atoms with Crippen molar-refractivity contribution in [2.24, 2.45) is 0 Å². The fourth-order valence-corrected chi connectivity index (χ4v) is 5.87. The molecule has 2 atom stereocenters. The Morgan fingerprint density at radius 2 is 1.83 bits per heavy atom. The lowest BCUT2D eigenvalue weighted by molar-refractivity contribution is -0.251. The molecule has 2 saturated heterocycles. The largest absolute Gasteiger partial charge is 0.490 e. The Hall–Kier alpha value is -2.42. The monoisotopic (exact) mass is 500 g/mol. The zero-order chi connectivity index (χ0) is 25.6. The van der Waals surface area contributed by atoms with Gasteiger partial charge in [-0.3, -0.25) is 9.59 Å². The second-order valence-corrected chi connectivity index (χ2v) is 10.6. The van der Waals surface area contributed by atoms with Gasteiger partial charge in [-0.05, 0) is 76.1 Å². The molecule has 3 fully saturated rings. The number of nitrogens with zero attached hydrogens (tertiary/aromatic N) is 1. The van der Waals surface area contributed by atoms with Crippen molar-refractivity contribution in [3.05, 3.63) is 41.5 Å². The second-order valence-electron chi connectivity index (χ2n) is 10.6. The van der Waals surface area contributed by atoms with E-state index in [1.165, 1.54) is 5.57 Å². The van der Waals surface area contributed by atoms with Crippen molar-refractivity contribution in [3.8, 4) is 5.75 Å². The maximum absolute atomic E-state index is 13.5. The minimum Gasteiger partial charge on any atom is -0.490 e. The summed E-state index contributed by atoms with van der Waals surface area (Å²) in [6, 6.07) is 6.85. The van der Waals surface area contributed by atoms with E-state index in [9.17, 15) is 14.7 Å². The highest BCUT2D eigenvalue weighted by Crippen LogP contribution is 2.48. The second kappa shape index (κ2) is 11.8. The smallest absolute Gasteiger partial charge is 0.246 e. The molecule has 3 aliphatic rings. The molecule has 8 nitrogen and oxygen atoms in total. The van der Waals surface area contributed by atoms with E-state index in [-0.39, 0.29) is 12.5 Å². The van der Waals surface area contributed by atoms with Crippen molar-refractivity contribution in [1.82, 2.24) is 10.2 Å². The molecule has 0 radical (unpaired) electrons. The first-order valence-electron chi connectivity index (χ1n) is 13.2. The number of ether oxygens (including phenoxy) is 3. The number of hydrogen-bond donors (Lipinski definition) is 2. The summed E-state index contributed by atoms with van der Waals surface area (Å²) in [6.07, 6.45) is 8.48. The predicted molar refractivity (Wildman–Crippen MR) is 135 cm³/mol. The fraction of sp³-hybridized carbons (Fsp3) is 0.643. The molecule has 1 saturated carbocycles. The summed E-state index contributed by atoms with van der Waals surface area (Å²) in [4.78, 5) is 26.6. The number of rotatable bonds is 9. The van der Waals surface area contributed by atoms with Gasteiger partial charge in [0.05, 0.1) is 25.9 Å². The van der Waals surface area contributed by atoms with Gasteiger partial charge in [-0.2, -0.15) is 0 Å². The quantitative estimate of drug-likeness (QED) is 0.400. The van der Waals surface area contributed by atoms with Gasteiger partial charge in [0.15, 0.2) is 5.79 Å². The fourth-order valence-electron chi connectivity index (χ4n) is 5.87. The average Bonchev–Trinajstić information content (AvgIpc) is 3.00. The lowest BCUT2D eigenvalue weighted by Crippen LogP contribution is -2.57. The number of benzene rings is 1. The summed E-state index contributed by atoms with van der Waals surface area (Å²) in [5.74, 6) is 0.0751. The van der Waals surface area contributed by atoms with Crippen LogP contribution in [-0.4, -0.2) is 72.2 Å². The lowest BCUT2D eigenvalue weighted by atomic mass is 9.75. The van der Waals surface area contributed by atoms with Crippen LogP contribution >= 0.6 is 0 Å². The molecule has 2 spiro atoms. The highest BCUT2D eigenvalue weighted by atomic mass is 16.7. The molecule has 0 bridgehead atoms. The number of likely N-dealkylation sites (tertiary alicyclic amines) is 1. The maximum Gasteiger partial charge on any atom is 0.246 e. The van der Waals surface area contributed by atoms with Crippen LogP contribution < -0.4 is 10.1 Å². The number of aliphatic hydroxyl groups excluding tert-OH is 1. The topological polar surface area (TPSA) is 97.3 Å². The van der Waals surface area contributed by atoms with Gasteiger partial charge >= 0.3 is 0 Å². The van der Waals surface area contributed by atoms with Crippen LogP contribution in [-0.2, 0) is 25.5 Å². The molecule has 198 valence electrons. The Balaban J connectivity index is 1.49. The Bertz CT molecular complexity index is 908. The summed E-state index contributed by atoms with van der Waals surface area (Å²) in [7, 11) is 0. The van der Waals surface area contributed by atoms with Crippen molar-refractivity contribution >= 4 is 12.3 Å². The molecule has 1 aromatic rings. The van der Waals surface area contributed by atoms with Gasteiger partial charge in [-0.25, -0.2) is 0 Å². The third kappa shape index (κ3) is 5.93. The Morgan fingerprint density at radius 1 is 1.17 bits per heavy atom. The highest BCUT2D eigenvalue weighted by Gasteiger charge is 2.56. The summed E-state index contributed by atoms with van der Waals surface area (Å²) in [6.45, 7) is 5.82. The number of allylic oxidation sites excluding steroid dienone is 1. The molecule has 36 heavy (non-hydrogen) atoms. The molecule has 1 aliphatic carbocycles. The average molecular weight is 501 g/mol. The molecular formula is C28H40N2O6. The molecule has 2 N–H and O–H groups in total. The standard InChI is InChI=1S/C28H40N2O6/c1-21(2)9-16-34-24-7-5-22(6-8-24)17-23(19-31)30-26(33)25(29-20-32)18-27(30)10-12-28(13-11-27)35-14-3-4-15-36-28/h5-9,20,23,25,31H,3-4,10-19H2,1-2H3,(H,29,32)/t23-,25-/m0/s1. The van der Waals surface area contributed by atoms with E-state index < -0.39 is 23.4 Å². The highest BCUT2D eigenvalue weighted by molar-refractivity contribution is 5.87. The summed E-state index contributed by atoms with van der Waals surface area (Å²) in [5, 5.41) is 13.2. The van der Waals surface area contributed by atoms with Gasteiger partial charge in [0.25, 0.3) is 0 Å². The molecule has 2 heterocycles. The van der Waals surface area contributed by atoms with E-state index in [1.54, 1.807) is 0 Å². The summed E-state index contributed by atoms with van der Waals surface area (Å²) in [5.41, 5.74) is 1.78. The van der Waals surface area contributed by atoms with Crippen molar-refractivity contribution in [3.63, 3.8) is 0 Å². The first kappa shape index (κ1) is 26.6. The first-order valence-corrected chi connectivity index (χ1v) is 13.2. The zero-order valence-electron chi connectivity index (χ0n) is 21.5.